The van der Waals surface area contributed by atoms with Gasteiger partial charge in [-0.15, -0.1) is 0 Å². The van der Waals surface area contributed by atoms with E-state index in [1.54, 1.807) is 0 Å². The Kier molecular flexibility index (Phi) is 2.81. The number of Topliss-reactive ketones (excluding diaryl/α,β-unsaturated/α-hetero) is 1. The van der Waals surface area contributed by atoms with Gasteiger partial charge < -0.3 is 0 Å². The van der Waals surface area contributed by atoms with E-state index >= 15 is 0 Å². The quantitative estimate of drug-likeness (QED) is 0.561. The summed E-state index contributed by atoms with van der Waals surface area (Å²) in [5, 5.41) is 0. The summed E-state index contributed by atoms with van der Waals surface area (Å²) in [7, 11) is 0. The zero-order chi connectivity index (χ0) is 11.9. The Morgan fingerprint density at radius 1 is 1.31 bits per heavy atom. The van der Waals surface area contributed by atoms with E-state index in [9.17, 15) is 4.79 Å². The molecule has 0 amide bonds. The van der Waals surface area contributed by atoms with Gasteiger partial charge in [-0.1, -0.05) is 31.1 Å². The van der Waals surface area contributed by atoms with Gasteiger partial charge in [0.15, 0.2) is 5.78 Å². The molecule has 0 radical (unpaired) electrons. The lowest BCUT2D eigenvalue weighted by molar-refractivity contribution is -0.118. The van der Waals surface area contributed by atoms with Crippen molar-refractivity contribution >= 4 is 5.78 Å². The van der Waals surface area contributed by atoms with Crippen LogP contribution in [0.3, 0.4) is 0 Å². The summed E-state index contributed by atoms with van der Waals surface area (Å²) in [6.45, 7) is 8.82. The van der Waals surface area contributed by atoms with E-state index in [0.717, 1.165) is 31.3 Å². The van der Waals surface area contributed by atoms with Gasteiger partial charge in [0.2, 0.25) is 0 Å². The molecule has 0 aromatic rings. The maximum atomic E-state index is 11.9. The minimum Gasteiger partial charge on any atom is -0.295 e. The van der Waals surface area contributed by atoms with Crippen LogP contribution in [-0.4, -0.2) is 5.78 Å². The number of fused-ring (bicyclic) bond motifs is 1. The summed E-state index contributed by atoms with van der Waals surface area (Å²) in [4.78, 5) is 11.9. The molecule has 2 aliphatic rings. The van der Waals surface area contributed by atoms with Crippen molar-refractivity contribution < 1.29 is 4.79 Å². The molecule has 16 heavy (non-hydrogen) atoms. The molecule has 0 unspecified atom stereocenters. The Balaban J connectivity index is 2.49. The van der Waals surface area contributed by atoms with Crippen LogP contribution in [-0.2, 0) is 4.79 Å². The number of carbonyl (C=O) groups excluding carboxylic acids is 1. The minimum absolute atomic E-state index is 0.232. The summed E-state index contributed by atoms with van der Waals surface area (Å²) >= 11 is 0. The molecule has 0 aromatic carbocycles. The van der Waals surface area contributed by atoms with Gasteiger partial charge in [-0.2, -0.15) is 0 Å². The molecule has 0 saturated heterocycles. The van der Waals surface area contributed by atoms with Crippen LogP contribution < -0.4 is 0 Å². The van der Waals surface area contributed by atoms with Gasteiger partial charge >= 0.3 is 0 Å². The Hall–Kier alpha value is -0.850. The third-order valence-electron chi connectivity index (χ3n) is 4.78. The molecule has 0 heterocycles. The molecule has 0 aromatic heterocycles. The first-order chi connectivity index (χ1) is 7.45. The summed E-state index contributed by atoms with van der Waals surface area (Å²) in [6, 6.07) is 0. The van der Waals surface area contributed by atoms with Crippen LogP contribution in [0, 0.1) is 11.3 Å². The molecule has 0 aliphatic heterocycles. The smallest absolute Gasteiger partial charge is 0.158 e. The molecule has 0 fully saturated rings. The van der Waals surface area contributed by atoms with Crippen molar-refractivity contribution in [3.05, 3.63) is 22.8 Å². The maximum Gasteiger partial charge on any atom is 0.158 e. The van der Waals surface area contributed by atoms with Crippen molar-refractivity contribution in [1.29, 1.82) is 0 Å². The Morgan fingerprint density at radius 3 is 2.69 bits per heavy atom. The molecule has 0 bridgehead atoms. The number of allylic oxidation sites excluding steroid dienone is 4. The summed E-state index contributed by atoms with van der Waals surface area (Å²) in [6.07, 6.45) is 6.44. The predicted molar refractivity (Wildman–Crippen MR) is 67.2 cm³/mol. The number of hydrogen-bond acceptors (Lipinski definition) is 1. The van der Waals surface area contributed by atoms with Crippen molar-refractivity contribution in [1.82, 2.24) is 0 Å². The normalized spacial score (nSPS) is 35.6. The lowest BCUT2D eigenvalue weighted by atomic mass is 9.62. The van der Waals surface area contributed by atoms with E-state index in [1.165, 1.54) is 11.1 Å². The topological polar surface area (TPSA) is 17.1 Å². The highest BCUT2D eigenvalue weighted by Crippen LogP contribution is 2.49. The van der Waals surface area contributed by atoms with Gasteiger partial charge in [-0.3, -0.25) is 4.79 Å². The monoisotopic (exact) mass is 218 g/mol. The molecule has 2 aliphatic carbocycles. The van der Waals surface area contributed by atoms with Crippen LogP contribution >= 0.6 is 0 Å². The highest BCUT2D eigenvalue weighted by Gasteiger charge is 2.41. The van der Waals surface area contributed by atoms with Gasteiger partial charge in [0.1, 0.15) is 0 Å². The van der Waals surface area contributed by atoms with Gasteiger partial charge in [-0.05, 0) is 50.0 Å². The van der Waals surface area contributed by atoms with E-state index < -0.39 is 0 Å². The number of rotatable bonds is 0. The van der Waals surface area contributed by atoms with Crippen LogP contribution in [0.1, 0.15) is 53.4 Å². The zero-order valence-electron chi connectivity index (χ0n) is 10.9. The van der Waals surface area contributed by atoms with Crippen molar-refractivity contribution in [2.45, 2.75) is 53.4 Å². The van der Waals surface area contributed by atoms with E-state index in [2.05, 4.69) is 26.8 Å². The van der Waals surface area contributed by atoms with Crippen molar-refractivity contribution in [2.75, 3.05) is 0 Å². The lowest BCUT2D eigenvalue weighted by Gasteiger charge is -2.41. The highest BCUT2D eigenvalue weighted by atomic mass is 16.1. The summed E-state index contributed by atoms with van der Waals surface area (Å²) in [5.74, 6) is 0.861. The van der Waals surface area contributed by atoms with Gasteiger partial charge in [0.05, 0.1) is 0 Å². The standard InChI is InChI=1S/C15H22O/c1-10-5-6-13-12(3)14(16)9-11(2)15(13,4)8-7-10/h7,11H,5-6,8-9H2,1-4H3/t11-,15+/m1/s1. The van der Waals surface area contributed by atoms with Gasteiger partial charge in [0.25, 0.3) is 0 Å². The highest BCUT2D eigenvalue weighted by molar-refractivity contribution is 5.97. The average molecular weight is 218 g/mol. The number of ketones is 1. The zero-order valence-corrected chi connectivity index (χ0v) is 10.9. The van der Waals surface area contributed by atoms with Crippen LogP contribution in [0.4, 0.5) is 0 Å². The predicted octanol–water partition coefficient (Wildman–Crippen LogP) is 4.05. The second kappa shape index (κ2) is 3.87. The van der Waals surface area contributed by atoms with Crippen LogP contribution in [0.2, 0.25) is 0 Å². The molecule has 2 rings (SSSR count). The van der Waals surface area contributed by atoms with Crippen LogP contribution in [0.25, 0.3) is 0 Å². The van der Waals surface area contributed by atoms with E-state index in [-0.39, 0.29) is 5.41 Å². The fourth-order valence-corrected chi connectivity index (χ4v) is 3.16. The Labute approximate surface area is 98.6 Å². The fourth-order valence-electron chi connectivity index (χ4n) is 3.16. The average Bonchev–Trinajstić information content (AvgIpc) is 2.38. The molecular formula is C15H22O. The third kappa shape index (κ3) is 1.66. The van der Waals surface area contributed by atoms with Gasteiger partial charge in [0, 0.05) is 6.42 Å². The number of carbonyl (C=O) groups is 1. The first-order valence-corrected chi connectivity index (χ1v) is 6.34. The van der Waals surface area contributed by atoms with Crippen molar-refractivity contribution in [2.24, 2.45) is 11.3 Å². The molecule has 2 atom stereocenters. The maximum absolute atomic E-state index is 11.9. The molecule has 0 N–H and O–H groups in total. The van der Waals surface area contributed by atoms with Crippen molar-refractivity contribution in [3.8, 4) is 0 Å². The molecule has 88 valence electrons. The SMILES string of the molecule is CC1=CC[C@]2(C)C(=C(C)C(=O)C[C@H]2C)CC1. The van der Waals surface area contributed by atoms with Crippen LogP contribution in [0.5, 0.6) is 0 Å². The number of hydrogen-bond donors (Lipinski definition) is 0. The van der Waals surface area contributed by atoms with Crippen molar-refractivity contribution in [3.63, 3.8) is 0 Å². The van der Waals surface area contributed by atoms with Gasteiger partial charge in [-0.25, -0.2) is 0 Å². The molecule has 1 heteroatoms. The minimum atomic E-state index is 0.232. The first kappa shape index (κ1) is 11.6. The molecular weight excluding hydrogens is 196 g/mol. The summed E-state index contributed by atoms with van der Waals surface area (Å²) in [5.41, 5.74) is 4.21. The molecule has 0 spiro atoms. The first-order valence-electron chi connectivity index (χ1n) is 6.34. The molecule has 0 saturated carbocycles. The molecule has 1 nitrogen and oxygen atoms in total. The third-order valence-corrected chi connectivity index (χ3v) is 4.78. The largest absolute Gasteiger partial charge is 0.295 e. The van der Waals surface area contributed by atoms with E-state index in [0.29, 0.717) is 11.7 Å². The Bertz CT molecular complexity index is 386. The van der Waals surface area contributed by atoms with E-state index in [4.69, 9.17) is 0 Å². The van der Waals surface area contributed by atoms with Crippen LogP contribution in [0.15, 0.2) is 22.8 Å². The second-order valence-corrected chi connectivity index (χ2v) is 5.80. The second-order valence-electron chi connectivity index (χ2n) is 5.80. The van der Waals surface area contributed by atoms with E-state index in [1.807, 2.05) is 6.92 Å². The Morgan fingerprint density at radius 2 is 2.00 bits per heavy atom. The summed E-state index contributed by atoms with van der Waals surface area (Å²) < 4.78 is 0. The lowest BCUT2D eigenvalue weighted by Crippen LogP contribution is -2.34. The fraction of sp³-hybridized carbons (Fsp3) is 0.667.